The molecular formula is C18H28N2O. The maximum atomic E-state index is 12.4. The minimum atomic E-state index is 0.254. The van der Waals surface area contributed by atoms with Crippen molar-refractivity contribution in [1.82, 2.24) is 9.80 Å². The lowest BCUT2D eigenvalue weighted by Crippen LogP contribution is -2.48. The van der Waals surface area contributed by atoms with Gasteiger partial charge in [0.25, 0.3) is 0 Å². The molecule has 0 aliphatic carbocycles. The van der Waals surface area contributed by atoms with Gasteiger partial charge < -0.3 is 4.90 Å². The van der Waals surface area contributed by atoms with E-state index in [0.717, 1.165) is 37.3 Å². The van der Waals surface area contributed by atoms with E-state index >= 15 is 0 Å². The number of benzene rings is 1. The molecule has 1 fully saturated rings. The summed E-state index contributed by atoms with van der Waals surface area (Å²) in [5, 5.41) is 0. The fraction of sp³-hybridized carbons (Fsp3) is 0.611. The van der Waals surface area contributed by atoms with E-state index in [1.807, 2.05) is 19.1 Å². The summed E-state index contributed by atoms with van der Waals surface area (Å²) in [7, 11) is 0. The Hall–Kier alpha value is -1.19. The molecule has 0 spiro atoms. The Morgan fingerprint density at radius 1 is 1.10 bits per heavy atom. The summed E-state index contributed by atoms with van der Waals surface area (Å²) in [5.41, 5.74) is 3.19. The predicted octanol–water partition coefficient (Wildman–Crippen LogP) is 2.76. The molecule has 0 amide bonds. The number of nitrogens with zero attached hydrogens (tertiary/aromatic N) is 2. The maximum absolute atomic E-state index is 12.4. The number of Topliss-reactive ketones (excluding diaryl/α,β-unsaturated/α-hetero) is 1. The fourth-order valence-electron chi connectivity index (χ4n) is 3.06. The molecule has 1 aromatic rings. The normalized spacial score (nSPS) is 17.4. The van der Waals surface area contributed by atoms with Crippen LogP contribution in [0.1, 0.15) is 35.3 Å². The molecule has 0 radical (unpaired) electrons. The van der Waals surface area contributed by atoms with Gasteiger partial charge in [0.15, 0.2) is 5.78 Å². The number of piperazine rings is 1. The number of ketones is 1. The van der Waals surface area contributed by atoms with E-state index in [9.17, 15) is 4.79 Å². The summed E-state index contributed by atoms with van der Waals surface area (Å²) >= 11 is 0. The molecule has 116 valence electrons. The quantitative estimate of drug-likeness (QED) is 0.778. The van der Waals surface area contributed by atoms with Crippen molar-refractivity contribution >= 4 is 5.78 Å². The molecule has 0 saturated carbocycles. The second-order valence-electron chi connectivity index (χ2n) is 6.71. The van der Waals surface area contributed by atoms with Gasteiger partial charge in [-0.05, 0) is 25.3 Å². The second kappa shape index (κ2) is 7.19. The Labute approximate surface area is 128 Å². The topological polar surface area (TPSA) is 23.6 Å². The van der Waals surface area contributed by atoms with Crippen molar-refractivity contribution in [2.75, 3.05) is 39.3 Å². The van der Waals surface area contributed by atoms with Crippen molar-refractivity contribution in [2.24, 2.45) is 5.92 Å². The molecule has 1 saturated heterocycles. The van der Waals surface area contributed by atoms with Gasteiger partial charge in [-0.2, -0.15) is 0 Å². The summed E-state index contributed by atoms with van der Waals surface area (Å²) < 4.78 is 0. The average molecular weight is 288 g/mol. The van der Waals surface area contributed by atoms with Gasteiger partial charge in [-0.1, -0.05) is 37.6 Å². The van der Waals surface area contributed by atoms with Crippen LogP contribution < -0.4 is 0 Å². The van der Waals surface area contributed by atoms with E-state index in [1.54, 1.807) is 0 Å². The molecule has 21 heavy (non-hydrogen) atoms. The highest BCUT2D eigenvalue weighted by Gasteiger charge is 2.20. The van der Waals surface area contributed by atoms with Crippen molar-refractivity contribution in [1.29, 1.82) is 0 Å². The van der Waals surface area contributed by atoms with E-state index < -0.39 is 0 Å². The molecule has 3 heteroatoms. The van der Waals surface area contributed by atoms with Gasteiger partial charge in [-0.25, -0.2) is 0 Å². The smallest absolute Gasteiger partial charge is 0.177 e. The summed E-state index contributed by atoms with van der Waals surface area (Å²) in [4.78, 5) is 17.2. The van der Waals surface area contributed by atoms with E-state index in [4.69, 9.17) is 0 Å². The third-order valence-electron chi connectivity index (χ3n) is 4.14. The summed E-state index contributed by atoms with van der Waals surface area (Å²) in [6.07, 6.45) is 0. The number of aryl methyl sites for hydroxylation is 2. The Morgan fingerprint density at radius 2 is 1.71 bits per heavy atom. The monoisotopic (exact) mass is 288 g/mol. The molecule has 1 aromatic carbocycles. The van der Waals surface area contributed by atoms with Crippen LogP contribution in [0.15, 0.2) is 18.2 Å². The van der Waals surface area contributed by atoms with Crippen LogP contribution >= 0.6 is 0 Å². The number of carbonyl (C=O) groups excluding carboxylic acids is 1. The highest BCUT2D eigenvalue weighted by molar-refractivity contribution is 5.98. The highest BCUT2D eigenvalue weighted by atomic mass is 16.1. The van der Waals surface area contributed by atoms with Crippen LogP contribution in [0.25, 0.3) is 0 Å². The second-order valence-corrected chi connectivity index (χ2v) is 6.71. The third-order valence-corrected chi connectivity index (χ3v) is 4.14. The Balaban J connectivity index is 1.87. The number of carbonyl (C=O) groups is 1. The molecule has 0 aromatic heterocycles. The van der Waals surface area contributed by atoms with Gasteiger partial charge in [0.1, 0.15) is 0 Å². The lowest BCUT2D eigenvalue weighted by molar-refractivity contribution is 0.0837. The average Bonchev–Trinajstić information content (AvgIpc) is 2.40. The predicted molar refractivity (Wildman–Crippen MR) is 88.0 cm³/mol. The van der Waals surface area contributed by atoms with Gasteiger partial charge in [-0.3, -0.25) is 9.69 Å². The lowest BCUT2D eigenvalue weighted by Gasteiger charge is -2.35. The summed E-state index contributed by atoms with van der Waals surface area (Å²) in [6, 6.07) is 6.09. The van der Waals surface area contributed by atoms with Crippen molar-refractivity contribution < 1.29 is 4.79 Å². The molecule has 1 aliphatic rings. The first-order chi connectivity index (χ1) is 9.95. The molecule has 1 heterocycles. The van der Waals surface area contributed by atoms with Crippen LogP contribution in [0.4, 0.5) is 0 Å². The van der Waals surface area contributed by atoms with Gasteiger partial charge in [0.05, 0.1) is 6.54 Å². The van der Waals surface area contributed by atoms with Crippen molar-refractivity contribution in [3.63, 3.8) is 0 Å². The Kier molecular flexibility index (Phi) is 5.54. The first-order valence-electron chi connectivity index (χ1n) is 8.01. The minimum absolute atomic E-state index is 0.254. The van der Waals surface area contributed by atoms with Crippen LogP contribution in [0.5, 0.6) is 0 Å². The van der Waals surface area contributed by atoms with Crippen LogP contribution in [-0.4, -0.2) is 54.9 Å². The number of hydrogen-bond acceptors (Lipinski definition) is 3. The van der Waals surface area contributed by atoms with Gasteiger partial charge in [0.2, 0.25) is 0 Å². The van der Waals surface area contributed by atoms with Gasteiger partial charge in [-0.15, -0.1) is 0 Å². The van der Waals surface area contributed by atoms with E-state index in [2.05, 4.69) is 36.6 Å². The van der Waals surface area contributed by atoms with E-state index in [0.29, 0.717) is 12.5 Å². The Morgan fingerprint density at radius 3 is 2.29 bits per heavy atom. The lowest BCUT2D eigenvalue weighted by atomic mass is 10.0. The first kappa shape index (κ1) is 16.2. The largest absolute Gasteiger partial charge is 0.301 e. The van der Waals surface area contributed by atoms with Crippen molar-refractivity contribution in [3.05, 3.63) is 34.9 Å². The van der Waals surface area contributed by atoms with Crippen LogP contribution in [0, 0.1) is 19.8 Å². The zero-order valence-corrected chi connectivity index (χ0v) is 13.9. The molecule has 0 unspecified atom stereocenters. The van der Waals surface area contributed by atoms with Crippen molar-refractivity contribution in [3.8, 4) is 0 Å². The molecule has 0 N–H and O–H groups in total. The molecular weight excluding hydrogens is 260 g/mol. The molecule has 3 nitrogen and oxygen atoms in total. The van der Waals surface area contributed by atoms with E-state index in [1.165, 1.54) is 12.1 Å². The molecule has 0 bridgehead atoms. The zero-order chi connectivity index (χ0) is 15.4. The van der Waals surface area contributed by atoms with E-state index in [-0.39, 0.29) is 5.78 Å². The van der Waals surface area contributed by atoms with Gasteiger partial charge in [0, 0.05) is 38.3 Å². The number of hydrogen-bond donors (Lipinski definition) is 0. The Bertz CT molecular complexity index is 488. The maximum Gasteiger partial charge on any atom is 0.177 e. The summed E-state index contributed by atoms with van der Waals surface area (Å²) in [5.74, 6) is 0.971. The van der Waals surface area contributed by atoms with Gasteiger partial charge >= 0.3 is 0 Å². The van der Waals surface area contributed by atoms with Crippen LogP contribution in [0.2, 0.25) is 0 Å². The first-order valence-corrected chi connectivity index (χ1v) is 8.01. The molecule has 0 atom stereocenters. The number of rotatable bonds is 5. The standard InChI is InChI=1S/C18H28N2O/c1-14(2)12-19-7-9-20(10-8-19)13-18(21)17-6-5-15(3)11-16(17)4/h5-6,11,14H,7-10,12-13H2,1-4H3. The molecule has 1 aliphatic heterocycles. The summed E-state index contributed by atoms with van der Waals surface area (Å²) in [6.45, 7) is 14.5. The highest BCUT2D eigenvalue weighted by Crippen LogP contribution is 2.13. The fourth-order valence-corrected chi connectivity index (χ4v) is 3.06. The third kappa shape index (κ3) is 4.65. The van der Waals surface area contributed by atoms with Crippen LogP contribution in [0.3, 0.4) is 0 Å². The van der Waals surface area contributed by atoms with Crippen molar-refractivity contribution in [2.45, 2.75) is 27.7 Å². The zero-order valence-electron chi connectivity index (χ0n) is 13.9. The minimum Gasteiger partial charge on any atom is -0.301 e. The SMILES string of the molecule is Cc1ccc(C(=O)CN2CCN(CC(C)C)CC2)c(C)c1. The van der Waals surface area contributed by atoms with Crippen LogP contribution in [-0.2, 0) is 0 Å². The molecule has 2 rings (SSSR count).